The lowest BCUT2D eigenvalue weighted by atomic mass is 10.1. The number of aromatic nitrogens is 1. The Balaban J connectivity index is 2.18. The maximum absolute atomic E-state index is 10.4. The Labute approximate surface area is 110 Å². The van der Waals surface area contributed by atoms with E-state index in [-0.39, 0.29) is 10.7 Å². The third-order valence-corrected chi connectivity index (χ3v) is 3.49. The fourth-order valence-electron chi connectivity index (χ4n) is 1.98. The molecule has 0 spiro atoms. The van der Waals surface area contributed by atoms with Crippen LogP contribution in [0.25, 0.3) is 0 Å². The quantitative estimate of drug-likeness (QED) is 0.826. The molecular formula is C12H15ClN2O3. The number of aliphatic carboxylic acids is 1. The lowest BCUT2D eigenvalue weighted by molar-refractivity contribution is -0.139. The van der Waals surface area contributed by atoms with Crippen LogP contribution in [0.3, 0.4) is 0 Å². The van der Waals surface area contributed by atoms with Crippen LogP contribution in [0.2, 0.25) is 5.15 Å². The Morgan fingerprint density at radius 2 is 2.22 bits per heavy atom. The van der Waals surface area contributed by atoms with Gasteiger partial charge in [-0.25, -0.2) is 9.78 Å². The van der Waals surface area contributed by atoms with Gasteiger partial charge in [0, 0.05) is 0 Å². The van der Waals surface area contributed by atoms with Gasteiger partial charge in [0.15, 0.2) is 17.5 Å². The van der Waals surface area contributed by atoms with E-state index in [0.717, 1.165) is 18.5 Å². The highest BCUT2D eigenvalue weighted by Crippen LogP contribution is 2.49. The summed E-state index contributed by atoms with van der Waals surface area (Å²) in [5.74, 6) is -0.737. The van der Waals surface area contributed by atoms with Crippen molar-refractivity contribution in [1.82, 2.24) is 9.88 Å². The van der Waals surface area contributed by atoms with Crippen LogP contribution >= 0.6 is 11.6 Å². The summed E-state index contributed by atoms with van der Waals surface area (Å²) in [7, 11) is 4.02. The average molecular weight is 271 g/mol. The minimum atomic E-state index is -1.04. The Morgan fingerprint density at radius 3 is 2.67 bits per heavy atom. The number of halogens is 1. The third-order valence-electron chi connectivity index (χ3n) is 3.22. The molecule has 0 aromatic carbocycles. The van der Waals surface area contributed by atoms with Gasteiger partial charge in [0.05, 0.1) is 11.2 Å². The number of pyridine rings is 1. The molecule has 2 rings (SSSR count). The molecule has 1 saturated carbocycles. The van der Waals surface area contributed by atoms with Crippen LogP contribution < -0.4 is 4.74 Å². The largest absolute Gasteiger partial charge is 0.479 e. The van der Waals surface area contributed by atoms with Crippen LogP contribution in [-0.2, 0) is 10.3 Å². The van der Waals surface area contributed by atoms with Crippen molar-refractivity contribution in [3.63, 3.8) is 0 Å². The van der Waals surface area contributed by atoms with Crippen molar-refractivity contribution >= 4 is 17.6 Å². The molecule has 0 atom stereocenters. The summed E-state index contributed by atoms with van der Waals surface area (Å²) >= 11 is 6.00. The second kappa shape index (κ2) is 4.74. The van der Waals surface area contributed by atoms with E-state index in [0.29, 0.717) is 5.75 Å². The molecule has 1 aliphatic rings. The normalized spacial score (nSPS) is 16.7. The number of carboxylic acid groups (broad SMARTS) is 1. The van der Waals surface area contributed by atoms with Gasteiger partial charge in [-0.15, -0.1) is 0 Å². The van der Waals surface area contributed by atoms with Gasteiger partial charge in [-0.3, -0.25) is 4.90 Å². The molecule has 1 N–H and O–H groups in total. The molecule has 1 aromatic rings. The van der Waals surface area contributed by atoms with Crippen molar-refractivity contribution in [3.8, 4) is 5.75 Å². The fraction of sp³-hybridized carbons (Fsp3) is 0.500. The number of carboxylic acids is 1. The van der Waals surface area contributed by atoms with E-state index in [9.17, 15) is 4.79 Å². The van der Waals surface area contributed by atoms with E-state index < -0.39 is 12.6 Å². The monoisotopic (exact) mass is 270 g/mol. The zero-order valence-electron chi connectivity index (χ0n) is 10.3. The average Bonchev–Trinajstić information content (AvgIpc) is 3.08. The highest BCUT2D eigenvalue weighted by atomic mass is 35.5. The summed E-state index contributed by atoms with van der Waals surface area (Å²) in [5.41, 5.74) is 0.884. The van der Waals surface area contributed by atoms with Crippen molar-refractivity contribution in [1.29, 1.82) is 0 Å². The molecule has 1 aromatic heterocycles. The van der Waals surface area contributed by atoms with Crippen LogP contribution in [0.5, 0.6) is 5.75 Å². The number of hydrogen-bond acceptors (Lipinski definition) is 4. The highest BCUT2D eigenvalue weighted by Gasteiger charge is 2.47. The molecule has 1 fully saturated rings. The summed E-state index contributed by atoms with van der Waals surface area (Å²) in [6, 6.07) is 3.52. The van der Waals surface area contributed by atoms with Crippen molar-refractivity contribution in [2.75, 3.05) is 20.7 Å². The molecule has 5 nitrogen and oxygen atoms in total. The van der Waals surface area contributed by atoms with Crippen molar-refractivity contribution in [3.05, 3.63) is 23.0 Å². The molecule has 98 valence electrons. The molecule has 0 saturated heterocycles. The first kappa shape index (κ1) is 13.1. The number of hydrogen-bond donors (Lipinski definition) is 1. The predicted molar refractivity (Wildman–Crippen MR) is 67.0 cm³/mol. The van der Waals surface area contributed by atoms with Crippen LogP contribution in [0, 0.1) is 0 Å². The van der Waals surface area contributed by atoms with E-state index in [1.807, 2.05) is 20.2 Å². The van der Waals surface area contributed by atoms with E-state index in [1.54, 1.807) is 6.07 Å². The SMILES string of the molecule is CN(C)C1(c2ccc(OCC(=O)O)c(Cl)n2)CC1. The maximum Gasteiger partial charge on any atom is 0.341 e. The van der Waals surface area contributed by atoms with Crippen molar-refractivity contribution < 1.29 is 14.6 Å². The molecule has 0 aliphatic heterocycles. The fourth-order valence-corrected chi connectivity index (χ4v) is 2.19. The summed E-state index contributed by atoms with van der Waals surface area (Å²) < 4.78 is 5.04. The van der Waals surface area contributed by atoms with Crippen LogP contribution in [0.1, 0.15) is 18.5 Å². The van der Waals surface area contributed by atoms with Gasteiger partial charge < -0.3 is 9.84 Å². The van der Waals surface area contributed by atoms with Crippen molar-refractivity contribution in [2.45, 2.75) is 18.4 Å². The number of rotatable bonds is 5. The highest BCUT2D eigenvalue weighted by molar-refractivity contribution is 6.30. The Kier molecular flexibility index (Phi) is 3.45. The smallest absolute Gasteiger partial charge is 0.341 e. The van der Waals surface area contributed by atoms with Gasteiger partial charge in [-0.2, -0.15) is 0 Å². The molecule has 18 heavy (non-hydrogen) atoms. The standard InChI is InChI=1S/C12H15ClN2O3/c1-15(2)12(5-6-12)9-4-3-8(11(13)14-9)18-7-10(16)17/h3-4H,5-7H2,1-2H3,(H,16,17). The number of nitrogens with zero attached hydrogens (tertiary/aromatic N) is 2. The Bertz CT molecular complexity index is 472. The van der Waals surface area contributed by atoms with Gasteiger partial charge in [0.1, 0.15) is 0 Å². The summed E-state index contributed by atoms with van der Waals surface area (Å²) in [5, 5.41) is 8.75. The third kappa shape index (κ3) is 2.42. The topological polar surface area (TPSA) is 62.7 Å². The Morgan fingerprint density at radius 1 is 1.56 bits per heavy atom. The van der Waals surface area contributed by atoms with E-state index in [4.69, 9.17) is 21.4 Å². The summed E-state index contributed by atoms with van der Waals surface area (Å²) in [6.45, 7) is -0.417. The van der Waals surface area contributed by atoms with E-state index >= 15 is 0 Å². The second-order valence-corrected chi connectivity index (χ2v) is 4.95. The number of ether oxygens (including phenoxy) is 1. The summed E-state index contributed by atoms with van der Waals surface area (Å²) in [4.78, 5) is 16.9. The lowest BCUT2D eigenvalue weighted by Crippen LogP contribution is -2.28. The van der Waals surface area contributed by atoms with E-state index in [2.05, 4.69) is 9.88 Å². The van der Waals surface area contributed by atoms with Crippen LogP contribution in [0.4, 0.5) is 0 Å². The zero-order chi connectivity index (χ0) is 13.3. The van der Waals surface area contributed by atoms with Gasteiger partial charge in [-0.05, 0) is 39.1 Å². The van der Waals surface area contributed by atoms with Crippen molar-refractivity contribution in [2.24, 2.45) is 0 Å². The summed E-state index contributed by atoms with van der Waals surface area (Å²) in [6.07, 6.45) is 2.11. The molecule has 1 aliphatic carbocycles. The zero-order valence-corrected chi connectivity index (χ0v) is 11.1. The molecule has 0 amide bonds. The Hall–Kier alpha value is -1.33. The maximum atomic E-state index is 10.4. The van der Waals surface area contributed by atoms with Gasteiger partial charge in [0.2, 0.25) is 0 Å². The van der Waals surface area contributed by atoms with Gasteiger partial charge in [-0.1, -0.05) is 11.6 Å². The minimum Gasteiger partial charge on any atom is -0.479 e. The first-order chi connectivity index (χ1) is 8.45. The molecule has 1 heterocycles. The molecule has 0 unspecified atom stereocenters. The first-order valence-corrected chi connectivity index (χ1v) is 6.02. The van der Waals surface area contributed by atoms with Crippen LogP contribution in [-0.4, -0.2) is 41.7 Å². The van der Waals surface area contributed by atoms with Gasteiger partial charge >= 0.3 is 5.97 Å². The second-order valence-electron chi connectivity index (χ2n) is 4.59. The lowest BCUT2D eigenvalue weighted by Gasteiger charge is -2.23. The minimum absolute atomic E-state index is 0.0189. The molecule has 0 bridgehead atoms. The van der Waals surface area contributed by atoms with Crippen LogP contribution in [0.15, 0.2) is 12.1 Å². The molecular weight excluding hydrogens is 256 g/mol. The number of carbonyl (C=O) groups is 1. The van der Waals surface area contributed by atoms with E-state index in [1.165, 1.54) is 0 Å². The first-order valence-electron chi connectivity index (χ1n) is 5.65. The predicted octanol–water partition coefficient (Wildman–Crippen LogP) is 1.75. The molecule has 0 radical (unpaired) electrons. The van der Waals surface area contributed by atoms with Gasteiger partial charge in [0.25, 0.3) is 0 Å². The molecule has 6 heteroatoms.